The van der Waals surface area contributed by atoms with E-state index in [1.807, 2.05) is 25.3 Å². The van der Waals surface area contributed by atoms with Crippen LogP contribution in [-0.4, -0.2) is 70.9 Å². The number of amidine groups is 1. The summed E-state index contributed by atoms with van der Waals surface area (Å²) < 4.78 is 14.8. The molecule has 2 unspecified atom stereocenters. The number of aliphatic imine (C=N–C) groups is 2. The number of alkyl halides is 1. The van der Waals surface area contributed by atoms with E-state index in [9.17, 15) is 14.3 Å². The highest BCUT2D eigenvalue weighted by molar-refractivity contribution is 8.02. The van der Waals surface area contributed by atoms with Crippen molar-refractivity contribution in [2.75, 3.05) is 25.9 Å². The molecular weight excluding hydrogens is 508 g/mol. The summed E-state index contributed by atoms with van der Waals surface area (Å²) in [5.41, 5.74) is 0.862. The standard InChI is InChI=1S/C27H41FN5O2PS/c1-18(31-15-25(3,4)35)13-30-22(24(34)33-17-27(28,36)12-19(33)2)23(37-6)20-8-7-9-21(29-14-20)32-16-26(5)10-11-26/h7-8,13-14,19,31,35H,1,9-12,15-17,36H2,2-6H3,(H,29,32)/b23-22-,30-13+/t19-,27?/m0/s1. The fourth-order valence-electron chi connectivity index (χ4n) is 4.09. The molecule has 3 atom stereocenters. The Labute approximate surface area is 227 Å². The van der Waals surface area contributed by atoms with E-state index in [1.54, 1.807) is 20.0 Å². The maximum absolute atomic E-state index is 14.8. The number of aliphatic hydroxyl groups is 1. The number of hydrogen-bond acceptors (Lipinski definition) is 7. The number of rotatable bonds is 10. The molecule has 2 heterocycles. The van der Waals surface area contributed by atoms with Gasteiger partial charge < -0.3 is 20.6 Å². The number of carbonyl (C=O) groups excluding carboxylic acids is 1. The lowest BCUT2D eigenvalue weighted by molar-refractivity contribution is -0.127. The van der Waals surface area contributed by atoms with Gasteiger partial charge in [-0.25, -0.2) is 14.4 Å². The van der Waals surface area contributed by atoms with Crippen LogP contribution in [0.4, 0.5) is 4.39 Å². The fraction of sp³-hybridized carbons (Fsp3) is 0.593. The zero-order valence-corrected chi connectivity index (χ0v) is 24.6. The molecule has 3 rings (SSSR count). The Morgan fingerprint density at radius 3 is 2.76 bits per heavy atom. The predicted octanol–water partition coefficient (Wildman–Crippen LogP) is 4.30. The molecule has 0 radical (unpaired) electrons. The number of hydrogen-bond donors (Lipinski definition) is 3. The molecule has 37 heavy (non-hydrogen) atoms. The lowest BCUT2D eigenvalue weighted by Gasteiger charge is -2.23. The van der Waals surface area contributed by atoms with E-state index in [1.165, 1.54) is 35.7 Å². The minimum absolute atomic E-state index is 0.0177. The summed E-state index contributed by atoms with van der Waals surface area (Å²) in [6.07, 6.45) is 12.5. The van der Waals surface area contributed by atoms with Gasteiger partial charge in [-0.2, -0.15) is 0 Å². The summed E-state index contributed by atoms with van der Waals surface area (Å²) in [6.45, 7) is 12.6. The molecule has 0 aromatic rings. The highest BCUT2D eigenvalue weighted by Gasteiger charge is 2.42. The van der Waals surface area contributed by atoms with Gasteiger partial charge in [0.25, 0.3) is 5.91 Å². The van der Waals surface area contributed by atoms with Crippen LogP contribution in [0.25, 0.3) is 0 Å². The largest absolute Gasteiger partial charge is 0.389 e. The highest BCUT2D eigenvalue weighted by Crippen LogP contribution is 2.44. The fourth-order valence-corrected chi connectivity index (χ4v) is 5.32. The third-order valence-electron chi connectivity index (χ3n) is 6.63. The average molecular weight is 550 g/mol. The number of thioether (sulfide) groups is 1. The second-order valence-electron chi connectivity index (χ2n) is 11.3. The summed E-state index contributed by atoms with van der Waals surface area (Å²) in [5, 5.41) is 15.0. The number of halogens is 1. The molecule has 0 aromatic heterocycles. The maximum atomic E-state index is 14.8. The first kappa shape index (κ1) is 29.6. The second-order valence-corrected chi connectivity index (χ2v) is 13.1. The van der Waals surface area contributed by atoms with Gasteiger partial charge in [0.15, 0.2) is 0 Å². The molecule has 0 bridgehead atoms. The van der Waals surface area contributed by atoms with Crippen molar-refractivity contribution in [1.29, 1.82) is 0 Å². The van der Waals surface area contributed by atoms with E-state index < -0.39 is 11.0 Å². The number of amides is 1. The number of allylic oxidation sites excluding steroid dienone is 3. The van der Waals surface area contributed by atoms with E-state index in [0.717, 1.165) is 18.0 Å². The van der Waals surface area contributed by atoms with E-state index >= 15 is 0 Å². The van der Waals surface area contributed by atoms with E-state index in [-0.39, 0.29) is 37.2 Å². The van der Waals surface area contributed by atoms with Crippen molar-refractivity contribution >= 4 is 39.0 Å². The van der Waals surface area contributed by atoms with Crippen LogP contribution in [0.2, 0.25) is 0 Å². The molecule has 0 spiro atoms. The summed E-state index contributed by atoms with van der Waals surface area (Å²) in [6, 6.07) is -0.268. The van der Waals surface area contributed by atoms with Gasteiger partial charge in [-0.3, -0.25) is 4.79 Å². The molecule has 2 fully saturated rings. The quantitative estimate of drug-likeness (QED) is 0.215. The Kier molecular flexibility index (Phi) is 9.46. The summed E-state index contributed by atoms with van der Waals surface area (Å²) in [7, 11) is 2.23. The van der Waals surface area contributed by atoms with E-state index in [4.69, 9.17) is 0 Å². The molecule has 7 nitrogen and oxygen atoms in total. The van der Waals surface area contributed by atoms with Crippen molar-refractivity contribution in [3.63, 3.8) is 0 Å². The van der Waals surface area contributed by atoms with Crippen LogP contribution in [0, 0.1) is 5.41 Å². The monoisotopic (exact) mass is 549 g/mol. The summed E-state index contributed by atoms with van der Waals surface area (Å²) in [5.74, 6) is 0.548. The minimum atomic E-state index is -1.52. The molecule has 3 aliphatic rings. The Bertz CT molecular complexity index is 1050. The first-order valence-corrected chi connectivity index (χ1v) is 14.5. The van der Waals surface area contributed by atoms with Crippen molar-refractivity contribution in [3.05, 3.63) is 46.8 Å². The van der Waals surface area contributed by atoms with E-state index in [2.05, 4.69) is 43.4 Å². The maximum Gasteiger partial charge on any atom is 0.274 e. The van der Waals surface area contributed by atoms with Crippen LogP contribution in [0.15, 0.2) is 56.8 Å². The van der Waals surface area contributed by atoms with Crippen LogP contribution in [-0.2, 0) is 4.79 Å². The van der Waals surface area contributed by atoms with Crippen LogP contribution in [0.1, 0.15) is 53.4 Å². The van der Waals surface area contributed by atoms with Crippen molar-refractivity contribution in [2.45, 2.75) is 70.4 Å². The lowest BCUT2D eigenvalue weighted by Crippen LogP contribution is -2.36. The van der Waals surface area contributed by atoms with Crippen LogP contribution >= 0.6 is 21.0 Å². The minimum Gasteiger partial charge on any atom is -0.389 e. The Morgan fingerprint density at radius 1 is 1.49 bits per heavy atom. The SMILES string of the molecule is C=C(/C=N/C(C(=O)N1CC(F)(P)C[C@@H]1C)=C(\SC)C1=CN=C(NCC2(C)CC2)CC=C1)NCC(C)(C)O. The van der Waals surface area contributed by atoms with Gasteiger partial charge in [-0.05, 0) is 45.3 Å². The number of likely N-dealkylation sites (tertiary alicyclic amines) is 1. The Morgan fingerprint density at radius 2 is 2.19 bits per heavy atom. The first-order valence-electron chi connectivity index (χ1n) is 12.7. The Hall–Kier alpha value is -1.96. The molecule has 10 heteroatoms. The lowest BCUT2D eigenvalue weighted by atomic mass is 10.1. The van der Waals surface area contributed by atoms with Gasteiger partial charge in [0.05, 0.1) is 18.4 Å². The zero-order valence-electron chi connectivity index (χ0n) is 22.6. The number of nitrogens with zero attached hydrogens (tertiary/aromatic N) is 3. The molecular formula is C27H41FN5O2PS. The first-order chi connectivity index (χ1) is 17.2. The highest BCUT2D eigenvalue weighted by atomic mass is 32.2. The summed E-state index contributed by atoms with van der Waals surface area (Å²) in [4.78, 5) is 25.2. The van der Waals surface area contributed by atoms with Crippen LogP contribution < -0.4 is 10.6 Å². The molecule has 2 aliphatic heterocycles. The van der Waals surface area contributed by atoms with Crippen molar-refractivity contribution < 1.29 is 14.3 Å². The third-order valence-corrected chi connectivity index (χ3v) is 7.89. The molecule has 0 aromatic carbocycles. The zero-order chi connectivity index (χ0) is 27.4. The van der Waals surface area contributed by atoms with Gasteiger partial charge in [-0.1, -0.05) is 34.9 Å². The molecule has 204 valence electrons. The topological polar surface area (TPSA) is 89.3 Å². The molecule has 1 aliphatic carbocycles. The molecule has 1 amide bonds. The van der Waals surface area contributed by atoms with Crippen LogP contribution in [0.3, 0.4) is 0 Å². The van der Waals surface area contributed by atoms with Gasteiger partial charge >= 0.3 is 0 Å². The Balaban J connectivity index is 1.93. The average Bonchev–Trinajstić information content (AvgIpc) is 3.53. The number of carbonyl (C=O) groups is 1. The number of nitrogens with one attached hydrogen (secondary N) is 2. The molecule has 1 saturated carbocycles. The second kappa shape index (κ2) is 11.8. The normalized spacial score (nSPS) is 25.8. The third kappa shape index (κ3) is 8.79. The van der Waals surface area contributed by atoms with Gasteiger partial charge in [0.1, 0.15) is 16.9 Å². The van der Waals surface area contributed by atoms with Gasteiger partial charge in [-0.15, -0.1) is 11.8 Å². The summed E-state index contributed by atoms with van der Waals surface area (Å²) >= 11 is 1.40. The molecule has 3 N–H and O–H groups in total. The van der Waals surface area contributed by atoms with Crippen LogP contribution in [0.5, 0.6) is 0 Å². The smallest absolute Gasteiger partial charge is 0.274 e. The van der Waals surface area contributed by atoms with Gasteiger partial charge in [0, 0.05) is 54.3 Å². The predicted molar refractivity (Wildman–Crippen MR) is 156 cm³/mol. The van der Waals surface area contributed by atoms with Crippen molar-refractivity contribution in [1.82, 2.24) is 15.5 Å². The van der Waals surface area contributed by atoms with Crippen molar-refractivity contribution in [3.8, 4) is 0 Å². The van der Waals surface area contributed by atoms with E-state index in [0.29, 0.717) is 22.4 Å². The molecule has 1 saturated heterocycles. The van der Waals surface area contributed by atoms with Gasteiger partial charge in [0.2, 0.25) is 0 Å². The van der Waals surface area contributed by atoms with Crippen molar-refractivity contribution in [2.24, 2.45) is 15.4 Å².